The third kappa shape index (κ3) is 4.28. The molecule has 1 N–H and O–H groups in total. The fraction of sp³-hybridized carbons (Fsp3) is 0.364. The minimum absolute atomic E-state index is 0.0909. The van der Waals surface area contributed by atoms with Crippen molar-refractivity contribution in [1.82, 2.24) is 4.31 Å². The Morgan fingerprint density at radius 3 is 2.61 bits per heavy atom. The van der Waals surface area contributed by atoms with Crippen LogP contribution in [0.3, 0.4) is 0 Å². The van der Waals surface area contributed by atoms with E-state index in [1.54, 1.807) is 6.07 Å². The molecule has 4 rings (SSSR count). The van der Waals surface area contributed by atoms with Crippen LogP contribution in [0.2, 0.25) is 0 Å². The quantitative estimate of drug-likeness (QED) is 0.740. The van der Waals surface area contributed by atoms with Gasteiger partial charge in [-0.25, -0.2) is 8.42 Å². The highest BCUT2D eigenvalue weighted by molar-refractivity contribution is 7.89. The molecule has 0 aromatic heterocycles. The Labute approximate surface area is 181 Å². The number of rotatable bonds is 6. The zero-order valence-electron chi connectivity index (χ0n) is 17.3. The number of aryl methyl sites for hydroxylation is 1. The fourth-order valence-electron chi connectivity index (χ4n) is 3.88. The van der Waals surface area contributed by atoms with Gasteiger partial charge in [0.15, 0.2) is 6.61 Å². The number of fused-ring (bicyclic) bond motifs is 1. The SMILES string of the molecule is CCc1ccccc1NC(=O)CN1C(=O)COc2ccc(S(=O)(=O)N3CCCC3)cc21. The largest absolute Gasteiger partial charge is 0.482 e. The normalized spacial score (nSPS) is 16.7. The Bertz CT molecular complexity index is 1110. The van der Waals surface area contributed by atoms with E-state index in [0.717, 1.165) is 24.8 Å². The van der Waals surface area contributed by atoms with E-state index in [4.69, 9.17) is 4.74 Å². The minimum Gasteiger partial charge on any atom is -0.482 e. The summed E-state index contributed by atoms with van der Waals surface area (Å²) in [5.74, 6) is -0.390. The highest BCUT2D eigenvalue weighted by Gasteiger charge is 2.32. The molecule has 2 aromatic rings. The maximum Gasteiger partial charge on any atom is 0.265 e. The molecule has 31 heavy (non-hydrogen) atoms. The van der Waals surface area contributed by atoms with Gasteiger partial charge in [-0.3, -0.25) is 14.5 Å². The second-order valence-corrected chi connectivity index (χ2v) is 9.51. The summed E-state index contributed by atoms with van der Waals surface area (Å²) in [6.07, 6.45) is 2.42. The number of hydrogen-bond donors (Lipinski definition) is 1. The lowest BCUT2D eigenvalue weighted by atomic mass is 10.1. The van der Waals surface area contributed by atoms with Crippen molar-refractivity contribution in [2.45, 2.75) is 31.1 Å². The monoisotopic (exact) mass is 443 g/mol. The van der Waals surface area contributed by atoms with E-state index in [0.29, 0.717) is 24.5 Å². The topological polar surface area (TPSA) is 96.0 Å². The smallest absolute Gasteiger partial charge is 0.265 e. The summed E-state index contributed by atoms with van der Waals surface area (Å²) in [7, 11) is -3.66. The number of ether oxygens (including phenoxy) is 1. The number of carbonyl (C=O) groups excluding carboxylic acids is 2. The van der Waals surface area contributed by atoms with Crippen molar-refractivity contribution in [1.29, 1.82) is 0 Å². The lowest BCUT2D eigenvalue weighted by molar-refractivity contribution is -0.123. The minimum atomic E-state index is -3.66. The summed E-state index contributed by atoms with van der Waals surface area (Å²) < 4.78 is 32.8. The van der Waals surface area contributed by atoms with E-state index < -0.39 is 15.9 Å². The van der Waals surface area contributed by atoms with Gasteiger partial charge in [0.2, 0.25) is 15.9 Å². The van der Waals surface area contributed by atoms with Crippen LogP contribution in [0.25, 0.3) is 0 Å². The Morgan fingerprint density at radius 1 is 1.13 bits per heavy atom. The summed E-state index contributed by atoms with van der Waals surface area (Å²) in [5, 5.41) is 2.85. The number of anilines is 2. The van der Waals surface area contributed by atoms with Gasteiger partial charge in [-0.15, -0.1) is 0 Å². The van der Waals surface area contributed by atoms with Gasteiger partial charge in [0, 0.05) is 18.8 Å². The first-order valence-electron chi connectivity index (χ1n) is 10.4. The number of amides is 2. The molecule has 0 spiro atoms. The van der Waals surface area contributed by atoms with Crippen molar-refractivity contribution in [3.05, 3.63) is 48.0 Å². The van der Waals surface area contributed by atoms with Crippen LogP contribution in [0.4, 0.5) is 11.4 Å². The van der Waals surface area contributed by atoms with E-state index in [1.807, 2.05) is 31.2 Å². The zero-order chi connectivity index (χ0) is 22.0. The highest BCUT2D eigenvalue weighted by Crippen LogP contribution is 2.35. The molecule has 2 heterocycles. The van der Waals surface area contributed by atoms with Crippen molar-refractivity contribution in [2.75, 3.05) is 36.5 Å². The molecule has 2 aliphatic heterocycles. The molecule has 9 heteroatoms. The molecule has 2 amide bonds. The Kier molecular flexibility index (Phi) is 5.97. The van der Waals surface area contributed by atoms with Crippen LogP contribution in [-0.2, 0) is 26.0 Å². The molecule has 0 saturated carbocycles. The van der Waals surface area contributed by atoms with Gasteiger partial charge in [-0.1, -0.05) is 25.1 Å². The second-order valence-electron chi connectivity index (χ2n) is 7.57. The average Bonchev–Trinajstić information content (AvgIpc) is 3.32. The van der Waals surface area contributed by atoms with E-state index in [1.165, 1.54) is 21.3 Å². The maximum atomic E-state index is 12.9. The lowest BCUT2D eigenvalue weighted by Crippen LogP contribution is -2.43. The second kappa shape index (κ2) is 8.68. The Morgan fingerprint density at radius 2 is 1.87 bits per heavy atom. The van der Waals surface area contributed by atoms with Crippen LogP contribution in [0.5, 0.6) is 5.75 Å². The number of hydrogen-bond acceptors (Lipinski definition) is 5. The molecule has 0 aliphatic carbocycles. The van der Waals surface area contributed by atoms with Crippen molar-refractivity contribution in [2.24, 2.45) is 0 Å². The van der Waals surface area contributed by atoms with Gasteiger partial charge in [0.1, 0.15) is 12.3 Å². The Balaban J connectivity index is 1.59. The number of benzene rings is 2. The van der Waals surface area contributed by atoms with E-state index in [2.05, 4.69) is 5.32 Å². The molecular formula is C22H25N3O5S. The highest BCUT2D eigenvalue weighted by atomic mass is 32.2. The molecule has 0 unspecified atom stereocenters. The van der Waals surface area contributed by atoms with E-state index >= 15 is 0 Å². The summed E-state index contributed by atoms with van der Waals surface area (Å²) in [4.78, 5) is 26.6. The lowest BCUT2D eigenvalue weighted by Gasteiger charge is -2.29. The zero-order valence-corrected chi connectivity index (χ0v) is 18.2. The molecule has 0 radical (unpaired) electrons. The number of para-hydroxylation sites is 1. The van der Waals surface area contributed by atoms with Crippen LogP contribution in [0.1, 0.15) is 25.3 Å². The van der Waals surface area contributed by atoms with Gasteiger partial charge in [0.25, 0.3) is 5.91 Å². The molecule has 8 nitrogen and oxygen atoms in total. The van der Waals surface area contributed by atoms with Gasteiger partial charge in [0.05, 0.1) is 10.6 Å². The van der Waals surface area contributed by atoms with Gasteiger partial charge < -0.3 is 10.1 Å². The third-order valence-electron chi connectivity index (χ3n) is 5.55. The molecule has 1 saturated heterocycles. The first-order valence-corrected chi connectivity index (χ1v) is 11.8. The molecule has 2 aliphatic rings. The first kappa shape index (κ1) is 21.3. The van der Waals surface area contributed by atoms with Crippen molar-refractivity contribution >= 4 is 33.2 Å². The molecule has 0 atom stereocenters. The summed E-state index contributed by atoms with van der Waals surface area (Å²) in [6.45, 7) is 2.52. The van der Waals surface area contributed by atoms with Crippen molar-refractivity contribution in [3.8, 4) is 5.75 Å². The van der Waals surface area contributed by atoms with Crippen LogP contribution in [0.15, 0.2) is 47.4 Å². The third-order valence-corrected chi connectivity index (χ3v) is 7.44. The maximum absolute atomic E-state index is 12.9. The summed E-state index contributed by atoms with van der Waals surface area (Å²) >= 11 is 0. The molecule has 2 aromatic carbocycles. The number of nitrogens with one attached hydrogen (secondary N) is 1. The fourth-order valence-corrected chi connectivity index (χ4v) is 5.41. The molecule has 1 fully saturated rings. The number of nitrogens with zero attached hydrogens (tertiary/aromatic N) is 2. The summed E-state index contributed by atoms with van der Waals surface area (Å²) in [6, 6.07) is 11.9. The van der Waals surface area contributed by atoms with Crippen molar-refractivity contribution < 1.29 is 22.7 Å². The molecular weight excluding hydrogens is 418 g/mol. The van der Waals surface area contributed by atoms with Crippen LogP contribution < -0.4 is 15.0 Å². The Hall–Kier alpha value is -2.91. The van der Waals surface area contributed by atoms with Crippen LogP contribution >= 0.6 is 0 Å². The number of sulfonamides is 1. The summed E-state index contributed by atoms with van der Waals surface area (Å²) in [5.41, 5.74) is 1.97. The van der Waals surface area contributed by atoms with Gasteiger partial charge >= 0.3 is 0 Å². The molecule has 0 bridgehead atoms. The first-order chi connectivity index (χ1) is 14.9. The average molecular weight is 444 g/mol. The predicted octanol–water partition coefficient (Wildman–Crippen LogP) is 2.40. The predicted molar refractivity (Wildman–Crippen MR) is 117 cm³/mol. The molecule has 164 valence electrons. The van der Waals surface area contributed by atoms with Crippen LogP contribution in [0, 0.1) is 0 Å². The van der Waals surface area contributed by atoms with Gasteiger partial charge in [-0.2, -0.15) is 4.31 Å². The van der Waals surface area contributed by atoms with E-state index in [-0.39, 0.29) is 29.6 Å². The van der Waals surface area contributed by atoms with Gasteiger partial charge in [-0.05, 0) is 49.1 Å². The standard InChI is InChI=1S/C22H25N3O5S/c1-2-16-7-3-4-8-18(16)23-21(26)14-25-19-13-17(9-10-20(19)30-15-22(25)27)31(28,29)24-11-5-6-12-24/h3-4,7-10,13H,2,5-6,11-12,14-15H2,1H3,(H,23,26). The van der Waals surface area contributed by atoms with Crippen molar-refractivity contribution in [3.63, 3.8) is 0 Å². The van der Waals surface area contributed by atoms with Crippen LogP contribution in [-0.4, -0.2) is 50.8 Å². The van der Waals surface area contributed by atoms with E-state index in [9.17, 15) is 18.0 Å². The number of carbonyl (C=O) groups is 2.